The van der Waals surface area contributed by atoms with E-state index in [-0.39, 0.29) is 17.5 Å². The van der Waals surface area contributed by atoms with E-state index in [1.807, 2.05) is 0 Å². The van der Waals surface area contributed by atoms with Crippen LogP contribution < -0.4 is 4.72 Å². The molecule has 1 unspecified atom stereocenters. The third-order valence-corrected chi connectivity index (χ3v) is 5.45. The van der Waals surface area contributed by atoms with Crippen LogP contribution in [0.5, 0.6) is 0 Å². The molecule has 0 aromatic heterocycles. The molecule has 1 aromatic carbocycles. The van der Waals surface area contributed by atoms with E-state index >= 15 is 0 Å². The maximum absolute atomic E-state index is 12.4. The van der Waals surface area contributed by atoms with Gasteiger partial charge in [-0.15, -0.1) is 0 Å². The number of rotatable bonds is 6. The average molecular weight is 312 g/mol. The molecule has 0 saturated carbocycles. The molecule has 0 aliphatic carbocycles. The number of benzene rings is 1. The van der Waals surface area contributed by atoms with Gasteiger partial charge < -0.3 is 10.0 Å². The SMILES string of the molecule is CCN1CCCC(NS(=O)(=O)c2ccc(CCO)cc2)C1. The van der Waals surface area contributed by atoms with Crippen molar-refractivity contribution in [3.63, 3.8) is 0 Å². The molecule has 6 heteroatoms. The number of nitrogens with one attached hydrogen (secondary N) is 1. The minimum atomic E-state index is -3.46. The summed E-state index contributed by atoms with van der Waals surface area (Å²) in [7, 11) is -3.46. The van der Waals surface area contributed by atoms with E-state index in [0.717, 1.165) is 38.0 Å². The van der Waals surface area contributed by atoms with Crippen molar-refractivity contribution in [2.24, 2.45) is 0 Å². The minimum Gasteiger partial charge on any atom is -0.396 e. The molecule has 0 amide bonds. The van der Waals surface area contributed by atoms with E-state index in [0.29, 0.717) is 6.42 Å². The van der Waals surface area contributed by atoms with Gasteiger partial charge in [0, 0.05) is 19.2 Å². The quantitative estimate of drug-likeness (QED) is 0.822. The second kappa shape index (κ2) is 7.35. The molecule has 0 bridgehead atoms. The summed E-state index contributed by atoms with van der Waals surface area (Å²) in [6, 6.07) is 6.70. The van der Waals surface area contributed by atoms with Crippen molar-refractivity contribution in [3.05, 3.63) is 29.8 Å². The van der Waals surface area contributed by atoms with Crippen LogP contribution in [-0.2, 0) is 16.4 Å². The lowest BCUT2D eigenvalue weighted by Crippen LogP contribution is -2.47. The Kier molecular flexibility index (Phi) is 5.75. The van der Waals surface area contributed by atoms with Crippen molar-refractivity contribution in [3.8, 4) is 0 Å². The van der Waals surface area contributed by atoms with Crippen LogP contribution in [0.4, 0.5) is 0 Å². The summed E-state index contributed by atoms with van der Waals surface area (Å²) < 4.78 is 27.6. The highest BCUT2D eigenvalue weighted by molar-refractivity contribution is 7.89. The second-order valence-electron chi connectivity index (χ2n) is 5.47. The summed E-state index contributed by atoms with van der Waals surface area (Å²) in [5.74, 6) is 0. The number of likely N-dealkylation sites (tertiary alicyclic amines) is 1. The monoisotopic (exact) mass is 312 g/mol. The van der Waals surface area contributed by atoms with Gasteiger partial charge in [-0.1, -0.05) is 19.1 Å². The standard InChI is InChI=1S/C15H24N2O3S/c1-2-17-10-3-4-14(12-17)16-21(19,20)15-7-5-13(6-8-15)9-11-18/h5-8,14,16,18H,2-4,9-12H2,1H3. The predicted molar refractivity (Wildman–Crippen MR) is 82.7 cm³/mol. The van der Waals surface area contributed by atoms with Crippen molar-refractivity contribution in [1.29, 1.82) is 0 Å². The first-order chi connectivity index (χ1) is 10.0. The van der Waals surface area contributed by atoms with Gasteiger partial charge >= 0.3 is 0 Å². The molecule has 0 radical (unpaired) electrons. The molecule has 2 rings (SSSR count). The van der Waals surface area contributed by atoms with Gasteiger partial charge in [0.1, 0.15) is 0 Å². The Morgan fingerprint density at radius 1 is 1.33 bits per heavy atom. The van der Waals surface area contributed by atoms with Crippen molar-refractivity contribution in [1.82, 2.24) is 9.62 Å². The molecule has 1 atom stereocenters. The van der Waals surface area contributed by atoms with Gasteiger partial charge in [-0.3, -0.25) is 0 Å². The molecular weight excluding hydrogens is 288 g/mol. The van der Waals surface area contributed by atoms with Crippen LogP contribution in [0.15, 0.2) is 29.2 Å². The summed E-state index contributed by atoms with van der Waals surface area (Å²) in [5.41, 5.74) is 0.936. The second-order valence-corrected chi connectivity index (χ2v) is 7.19. The molecule has 0 spiro atoms. The molecule has 21 heavy (non-hydrogen) atoms. The lowest BCUT2D eigenvalue weighted by Gasteiger charge is -2.32. The Balaban J connectivity index is 2.03. The summed E-state index contributed by atoms with van der Waals surface area (Å²) in [5, 5.41) is 8.88. The van der Waals surface area contributed by atoms with E-state index in [1.165, 1.54) is 0 Å². The topological polar surface area (TPSA) is 69.6 Å². The van der Waals surface area contributed by atoms with Gasteiger partial charge in [0.05, 0.1) is 4.90 Å². The highest BCUT2D eigenvalue weighted by Gasteiger charge is 2.24. The first-order valence-corrected chi connectivity index (χ1v) is 8.98. The van der Waals surface area contributed by atoms with Crippen LogP contribution in [0.3, 0.4) is 0 Å². The van der Waals surface area contributed by atoms with E-state index in [4.69, 9.17) is 5.11 Å². The summed E-state index contributed by atoms with van der Waals surface area (Å²) in [4.78, 5) is 2.55. The van der Waals surface area contributed by atoms with Crippen molar-refractivity contribution in [2.75, 3.05) is 26.2 Å². The minimum absolute atomic E-state index is 0.0131. The van der Waals surface area contributed by atoms with Gasteiger partial charge in [0.2, 0.25) is 10.0 Å². The Morgan fingerprint density at radius 2 is 2.05 bits per heavy atom. The molecule has 1 saturated heterocycles. The van der Waals surface area contributed by atoms with E-state index < -0.39 is 10.0 Å². The van der Waals surface area contributed by atoms with Gasteiger partial charge in [0.15, 0.2) is 0 Å². The maximum atomic E-state index is 12.4. The third kappa shape index (κ3) is 4.51. The number of piperidine rings is 1. The first-order valence-electron chi connectivity index (χ1n) is 7.49. The van der Waals surface area contributed by atoms with Crippen molar-refractivity contribution in [2.45, 2.75) is 37.1 Å². The number of hydrogen-bond acceptors (Lipinski definition) is 4. The van der Waals surface area contributed by atoms with Gasteiger partial charge in [-0.05, 0) is 50.0 Å². The highest BCUT2D eigenvalue weighted by Crippen LogP contribution is 2.15. The zero-order chi connectivity index (χ0) is 15.3. The first kappa shape index (κ1) is 16.4. The molecule has 1 aliphatic heterocycles. The summed E-state index contributed by atoms with van der Waals surface area (Å²) in [6.07, 6.45) is 2.45. The Morgan fingerprint density at radius 3 is 2.67 bits per heavy atom. The molecule has 2 N–H and O–H groups in total. The van der Waals surface area contributed by atoms with Crippen molar-refractivity contribution >= 4 is 10.0 Å². The third-order valence-electron chi connectivity index (χ3n) is 3.91. The lowest BCUT2D eigenvalue weighted by molar-refractivity contribution is 0.211. The fraction of sp³-hybridized carbons (Fsp3) is 0.600. The van der Waals surface area contributed by atoms with Crippen LogP contribution in [0.2, 0.25) is 0 Å². The van der Waals surface area contributed by atoms with Gasteiger partial charge in [0.25, 0.3) is 0 Å². The number of likely N-dealkylation sites (N-methyl/N-ethyl adjacent to an activating group) is 1. The van der Waals surface area contributed by atoms with E-state index in [9.17, 15) is 8.42 Å². The molecule has 5 nitrogen and oxygen atoms in total. The molecule has 1 heterocycles. The van der Waals surface area contributed by atoms with E-state index in [1.54, 1.807) is 24.3 Å². The van der Waals surface area contributed by atoms with Crippen LogP contribution in [0.25, 0.3) is 0 Å². The van der Waals surface area contributed by atoms with Gasteiger partial charge in [-0.25, -0.2) is 13.1 Å². The number of nitrogens with zero attached hydrogens (tertiary/aromatic N) is 1. The largest absolute Gasteiger partial charge is 0.396 e. The number of aliphatic hydroxyl groups is 1. The number of aliphatic hydroxyl groups excluding tert-OH is 1. The average Bonchev–Trinajstić information content (AvgIpc) is 2.48. The highest BCUT2D eigenvalue weighted by atomic mass is 32.2. The number of sulfonamides is 1. The fourth-order valence-electron chi connectivity index (χ4n) is 2.69. The maximum Gasteiger partial charge on any atom is 0.240 e. The van der Waals surface area contributed by atoms with Crippen LogP contribution in [-0.4, -0.2) is 50.7 Å². The molecular formula is C15H24N2O3S. The predicted octanol–water partition coefficient (Wildman–Crippen LogP) is 0.984. The molecule has 1 aliphatic rings. The normalized spacial score (nSPS) is 20.6. The molecule has 118 valence electrons. The smallest absolute Gasteiger partial charge is 0.240 e. The Hall–Kier alpha value is -0.950. The Labute approximate surface area is 127 Å². The van der Waals surface area contributed by atoms with E-state index in [2.05, 4.69) is 16.5 Å². The van der Waals surface area contributed by atoms with Crippen LogP contribution in [0, 0.1) is 0 Å². The summed E-state index contributed by atoms with van der Waals surface area (Å²) >= 11 is 0. The lowest BCUT2D eigenvalue weighted by atomic mass is 10.1. The van der Waals surface area contributed by atoms with Crippen LogP contribution in [0.1, 0.15) is 25.3 Å². The zero-order valence-corrected chi connectivity index (χ0v) is 13.3. The molecule has 1 fully saturated rings. The van der Waals surface area contributed by atoms with Crippen molar-refractivity contribution < 1.29 is 13.5 Å². The van der Waals surface area contributed by atoms with Gasteiger partial charge in [-0.2, -0.15) is 0 Å². The zero-order valence-electron chi connectivity index (χ0n) is 12.5. The summed E-state index contributed by atoms with van der Waals surface area (Å²) in [6.45, 7) is 4.94. The number of hydrogen-bond donors (Lipinski definition) is 2. The fourth-order valence-corrected chi connectivity index (χ4v) is 3.95. The van der Waals surface area contributed by atoms with Crippen LogP contribution >= 0.6 is 0 Å². The Bertz CT molecular complexity index is 543. The molecule has 1 aromatic rings.